The number of rotatable bonds is 2. The summed E-state index contributed by atoms with van der Waals surface area (Å²) < 4.78 is 5.45. The number of ether oxygens (including phenoxy) is 1. The fourth-order valence-corrected chi connectivity index (χ4v) is 2.33. The molecule has 1 aromatic carbocycles. The van der Waals surface area contributed by atoms with Crippen LogP contribution in [0.4, 0.5) is 11.6 Å². The lowest BCUT2D eigenvalue weighted by atomic mass is 10.1. The summed E-state index contributed by atoms with van der Waals surface area (Å²) in [4.78, 5) is 11.2. The lowest BCUT2D eigenvalue weighted by Crippen LogP contribution is -2.44. The molecule has 5 heteroatoms. The number of benzene rings is 1. The van der Waals surface area contributed by atoms with Gasteiger partial charge in [0.25, 0.3) is 0 Å². The van der Waals surface area contributed by atoms with Crippen molar-refractivity contribution in [2.75, 3.05) is 30.4 Å². The highest BCUT2D eigenvalue weighted by molar-refractivity contribution is 5.62. The number of nitrogens with zero attached hydrogens (tertiary/aromatic N) is 3. The topological polar surface area (TPSA) is 64.3 Å². The Labute approximate surface area is 118 Å². The summed E-state index contributed by atoms with van der Waals surface area (Å²) in [5.41, 5.74) is 8.43. The minimum absolute atomic E-state index is 0.297. The predicted octanol–water partition coefficient (Wildman–Crippen LogP) is 1.95. The first kappa shape index (κ1) is 12.9. The molecule has 3 rings (SSSR count). The normalized spacial score (nSPS) is 19.1. The van der Waals surface area contributed by atoms with E-state index in [9.17, 15) is 0 Å². The fraction of sp³-hybridized carbons (Fsp3) is 0.333. The van der Waals surface area contributed by atoms with E-state index in [2.05, 4.69) is 21.8 Å². The van der Waals surface area contributed by atoms with E-state index in [1.165, 1.54) is 0 Å². The van der Waals surface area contributed by atoms with E-state index < -0.39 is 0 Å². The third-order valence-corrected chi connectivity index (χ3v) is 3.47. The molecule has 0 saturated carbocycles. The molecule has 2 heterocycles. The standard InChI is InChI=1S/C15H18N4O/c1-11-10-20-9-8-19(11)15-17-7-6-14(18-15)12-2-4-13(16)5-3-12/h2-7,11H,8-10,16H2,1H3/t11-/m0/s1. The second-order valence-electron chi connectivity index (χ2n) is 4.98. The van der Waals surface area contributed by atoms with Gasteiger partial charge in [-0.05, 0) is 25.1 Å². The average Bonchev–Trinajstić information content (AvgIpc) is 2.49. The van der Waals surface area contributed by atoms with Gasteiger partial charge in [0.05, 0.1) is 24.9 Å². The zero-order valence-electron chi connectivity index (χ0n) is 11.5. The molecular formula is C15H18N4O. The van der Waals surface area contributed by atoms with Crippen molar-refractivity contribution in [3.05, 3.63) is 36.5 Å². The Morgan fingerprint density at radius 3 is 2.80 bits per heavy atom. The molecule has 1 aliphatic rings. The van der Waals surface area contributed by atoms with Crippen LogP contribution in [-0.4, -0.2) is 35.8 Å². The maximum Gasteiger partial charge on any atom is 0.226 e. The predicted molar refractivity (Wildman–Crippen MR) is 79.5 cm³/mol. The van der Waals surface area contributed by atoms with Crippen molar-refractivity contribution in [3.8, 4) is 11.3 Å². The van der Waals surface area contributed by atoms with Crippen molar-refractivity contribution in [1.82, 2.24) is 9.97 Å². The van der Waals surface area contributed by atoms with Crippen LogP contribution in [0.5, 0.6) is 0 Å². The minimum Gasteiger partial charge on any atom is -0.399 e. The summed E-state index contributed by atoms with van der Waals surface area (Å²) in [7, 11) is 0. The summed E-state index contributed by atoms with van der Waals surface area (Å²) in [6.07, 6.45) is 1.80. The quantitative estimate of drug-likeness (QED) is 0.845. The highest BCUT2D eigenvalue weighted by Crippen LogP contribution is 2.21. The van der Waals surface area contributed by atoms with Crippen molar-refractivity contribution in [2.45, 2.75) is 13.0 Å². The van der Waals surface area contributed by atoms with Gasteiger partial charge in [-0.25, -0.2) is 9.97 Å². The van der Waals surface area contributed by atoms with Crippen molar-refractivity contribution < 1.29 is 4.74 Å². The molecule has 20 heavy (non-hydrogen) atoms. The molecule has 0 spiro atoms. The summed E-state index contributed by atoms with van der Waals surface area (Å²) in [5, 5.41) is 0. The zero-order chi connectivity index (χ0) is 13.9. The smallest absolute Gasteiger partial charge is 0.226 e. The molecule has 1 saturated heterocycles. The number of aromatic nitrogens is 2. The number of nitrogen functional groups attached to an aromatic ring is 1. The first-order chi connectivity index (χ1) is 9.74. The molecule has 1 aliphatic heterocycles. The first-order valence-electron chi connectivity index (χ1n) is 6.77. The number of hydrogen-bond donors (Lipinski definition) is 1. The largest absolute Gasteiger partial charge is 0.399 e. The fourth-order valence-electron chi connectivity index (χ4n) is 2.33. The molecule has 1 atom stereocenters. The van der Waals surface area contributed by atoms with E-state index in [0.29, 0.717) is 6.04 Å². The van der Waals surface area contributed by atoms with Crippen LogP contribution >= 0.6 is 0 Å². The lowest BCUT2D eigenvalue weighted by molar-refractivity contribution is 0.0981. The van der Waals surface area contributed by atoms with Gasteiger partial charge in [0.15, 0.2) is 0 Å². The van der Waals surface area contributed by atoms with Crippen molar-refractivity contribution in [2.24, 2.45) is 0 Å². The maximum absolute atomic E-state index is 5.71. The Morgan fingerprint density at radius 2 is 2.05 bits per heavy atom. The second-order valence-corrected chi connectivity index (χ2v) is 4.98. The van der Waals surface area contributed by atoms with Gasteiger partial charge in [0.1, 0.15) is 0 Å². The van der Waals surface area contributed by atoms with Crippen LogP contribution < -0.4 is 10.6 Å². The number of morpholine rings is 1. The van der Waals surface area contributed by atoms with Crippen molar-refractivity contribution >= 4 is 11.6 Å². The Morgan fingerprint density at radius 1 is 1.25 bits per heavy atom. The molecule has 1 fully saturated rings. The number of hydrogen-bond acceptors (Lipinski definition) is 5. The van der Waals surface area contributed by atoms with E-state index in [-0.39, 0.29) is 0 Å². The monoisotopic (exact) mass is 270 g/mol. The van der Waals surface area contributed by atoms with Gasteiger partial charge in [-0.3, -0.25) is 0 Å². The van der Waals surface area contributed by atoms with Crippen molar-refractivity contribution in [3.63, 3.8) is 0 Å². The van der Waals surface area contributed by atoms with Gasteiger partial charge < -0.3 is 15.4 Å². The van der Waals surface area contributed by atoms with Crippen LogP contribution in [0.1, 0.15) is 6.92 Å². The molecule has 0 amide bonds. The summed E-state index contributed by atoms with van der Waals surface area (Å²) in [6, 6.07) is 9.93. The van der Waals surface area contributed by atoms with E-state index in [4.69, 9.17) is 10.5 Å². The molecule has 0 aliphatic carbocycles. The third-order valence-electron chi connectivity index (χ3n) is 3.47. The van der Waals surface area contributed by atoms with Crippen LogP contribution in [0.3, 0.4) is 0 Å². The highest BCUT2D eigenvalue weighted by Gasteiger charge is 2.21. The lowest BCUT2D eigenvalue weighted by Gasteiger charge is -2.33. The van der Waals surface area contributed by atoms with Gasteiger partial charge in [-0.1, -0.05) is 12.1 Å². The first-order valence-corrected chi connectivity index (χ1v) is 6.77. The molecule has 104 valence electrons. The van der Waals surface area contributed by atoms with Gasteiger partial charge in [-0.15, -0.1) is 0 Å². The average molecular weight is 270 g/mol. The van der Waals surface area contributed by atoms with Crippen LogP contribution in [-0.2, 0) is 4.74 Å². The Hall–Kier alpha value is -2.14. The van der Waals surface area contributed by atoms with Crippen LogP contribution in [0, 0.1) is 0 Å². The Bertz CT molecular complexity index is 585. The minimum atomic E-state index is 0.297. The SMILES string of the molecule is C[C@H]1COCCN1c1nccc(-c2ccc(N)cc2)n1. The van der Waals surface area contributed by atoms with Crippen LogP contribution in [0.25, 0.3) is 11.3 Å². The third kappa shape index (κ3) is 2.58. The van der Waals surface area contributed by atoms with Gasteiger partial charge in [-0.2, -0.15) is 0 Å². The summed E-state index contributed by atoms with van der Waals surface area (Å²) >= 11 is 0. The zero-order valence-corrected chi connectivity index (χ0v) is 11.5. The van der Waals surface area contributed by atoms with E-state index in [0.717, 1.165) is 42.7 Å². The van der Waals surface area contributed by atoms with Gasteiger partial charge in [0, 0.05) is 24.0 Å². The summed E-state index contributed by atoms with van der Waals surface area (Å²) in [6.45, 7) is 4.39. The second kappa shape index (κ2) is 5.46. The Kier molecular flexibility index (Phi) is 3.52. The molecule has 0 unspecified atom stereocenters. The van der Waals surface area contributed by atoms with E-state index in [1.807, 2.05) is 30.3 Å². The molecule has 0 radical (unpaired) electrons. The molecule has 1 aromatic heterocycles. The van der Waals surface area contributed by atoms with E-state index in [1.54, 1.807) is 6.20 Å². The van der Waals surface area contributed by atoms with Gasteiger partial charge >= 0.3 is 0 Å². The summed E-state index contributed by atoms with van der Waals surface area (Å²) in [5.74, 6) is 0.759. The van der Waals surface area contributed by atoms with Crippen LogP contribution in [0.2, 0.25) is 0 Å². The van der Waals surface area contributed by atoms with Crippen LogP contribution in [0.15, 0.2) is 36.5 Å². The van der Waals surface area contributed by atoms with Gasteiger partial charge in [0.2, 0.25) is 5.95 Å². The molecular weight excluding hydrogens is 252 g/mol. The molecule has 5 nitrogen and oxygen atoms in total. The molecule has 2 N–H and O–H groups in total. The van der Waals surface area contributed by atoms with Crippen molar-refractivity contribution in [1.29, 1.82) is 0 Å². The highest BCUT2D eigenvalue weighted by atomic mass is 16.5. The number of anilines is 2. The maximum atomic E-state index is 5.71. The Balaban J connectivity index is 1.91. The molecule has 0 bridgehead atoms. The molecule has 2 aromatic rings. The van der Waals surface area contributed by atoms with E-state index >= 15 is 0 Å². The number of nitrogens with two attached hydrogens (primary N) is 1.